The minimum atomic E-state index is -1.86. The number of rotatable bonds is 2. The van der Waals surface area contributed by atoms with Crippen LogP contribution in [-0.4, -0.2) is 41.1 Å². The van der Waals surface area contributed by atoms with Crippen molar-refractivity contribution in [3.05, 3.63) is 70.3 Å². The Labute approximate surface area is 248 Å². The number of hydrogen-bond donors (Lipinski definition) is 3. The van der Waals surface area contributed by atoms with E-state index in [-0.39, 0.29) is 23.0 Å². The summed E-state index contributed by atoms with van der Waals surface area (Å²) in [5.74, 6) is -0.634. The van der Waals surface area contributed by atoms with E-state index < -0.39 is 17.3 Å². The fraction of sp³-hybridized carbons (Fsp3) is 0.286. The third kappa shape index (κ3) is 3.38. The predicted molar refractivity (Wildman–Crippen MR) is 163 cm³/mol. The van der Waals surface area contributed by atoms with Gasteiger partial charge in [0.05, 0.1) is 12.5 Å². The van der Waals surface area contributed by atoms with Gasteiger partial charge in [0.1, 0.15) is 23.0 Å². The zero-order chi connectivity index (χ0) is 30.7. The van der Waals surface area contributed by atoms with E-state index in [0.717, 1.165) is 27.1 Å². The molecule has 7 rings (SSSR count). The van der Waals surface area contributed by atoms with E-state index in [4.69, 9.17) is 18.9 Å². The molecule has 2 aliphatic rings. The van der Waals surface area contributed by atoms with Crippen LogP contribution in [0.15, 0.2) is 42.5 Å². The molecule has 5 aromatic rings. The first-order valence-electron chi connectivity index (χ1n) is 14.1. The van der Waals surface area contributed by atoms with Gasteiger partial charge < -0.3 is 34.3 Å². The summed E-state index contributed by atoms with van der Waals surface area (Å²) >= 11 is 0. The maximum absolute atomic E-state index is 14.4. The van der Waals surface area contributed by atoms with E-state index in [0.29, 0.717) is 50.3 Å². The molecule has 1 aliphatic carbocycles. The average molecular weight is 581 g/mol. The highest BCUT2D eigenvalue weighted by Gasteiger charge is 2.64. The summed E-state index contributed by atoms with van der Waals surface area (Å²) in [7, 11) is 3.02. The molecule has 0 spiro atoms. The standard InChI is InChI=1S/C35H32O8/c1-15-8-21-23(11-26(15)37)30-24(14-27(21)38)34(4,5)33(39)35(41-7)32(30)42-29-13-20-18(17(3)31(29)43-35)12-28(40-6)22-9-16(2)25(36)10-19(20)22/h8-14,32,36-38H,1-7H3/t32-,35+/m0/s1. The van der Waals surface area contributed by atoms with Crippen molar-refractivity contribution in [1.29, 1.82) is 0 Å². The topological polar surface area (TPSA) is 115 Å². The van der Waals surface area contributed by atoms with Gasteiger partial charge in [-0.25, -0.2) is 0 Å². The summed E-state index contributed by atoms with van der Waals surface area (Å²) in [4.78, 5) is 14.4. The molecule has 3 N–H and O–H groups in total. The number of ketones is 1. The van der Waals surface area contributed by atoms with E-state index in [1.165, 1.54) is 7.11 Å². The first kappa shape index (κ1) is 27.2. The summed E-state index contributed by atoms with van der Waals surface area (Å²) in [5, 5.41) is 36.7. The van der Waals surface area contributed by atoms with Crippen molar-refractivity contribution in [3.8, 4) is 34.5 Å². The number of aromatic hydroxyl groups is 3. The highest BCUT2D eigenvalue weighted by Crippen LogP contribution is 2.58. The number of carbonyl (C=O) groups excluding carboxylic acids is 1. The molecule has 0 bridgehead atoms. The van der Waals surface area contributed by atoms with Gasteiger partial charge in [-0.1, -0.05) is 0 Å². The van der Waals surface area contributed by atoms with Gasteiger partial charge in [0.2, 0.25) is 5.78 Å². The molecule has 0 unspecified atom stereocenters. The Bertz CT molecular complexity index is 2080. The van der Waals surface area contributed by atoms with Crippen LogP contribution in [0.1, 0.15) is 47.8 Å². The van der Waals surface area contributed by atoms with E-state index in [9.17, 15) is 20.1 Å². The Kier molecular flexibility index (Phi) is 5.48. The van der Waals surface area contributed by atoms with Crippen molar-refractivity contribution >= 4 is 38.1 Å². The Morgan fingerprint density at radius 1 is 0.744 bits per heavy atom. The lowest BCUT2D eigenvalue weighted by atomic mass is 9.66. The molecule has 1 heterocycles. The molecule has 8 heteroatoms. The molecule has 1 aliphatic heterocycles. The number of carbonyl (C=O) groups is 1. The molecule has 43 heavy (non-hydrogen) atoms. The number of Topliss-reactive ketones (excluding diaryl/α,β-unsaturated/α-hetero) is 1. The van der Waals surface area contributed by atoms with Crippen LogP contribution in [-0.2, 0) is 14.9 Å². The lowest BCUT2D eigenvalue weighted by molar-refractivity contribution is -0.233. The molecule has 0 saturated carbocycles. The van der Waals surface area contributed by atoms with Crippen LogP contribution in [0, 0.1) is 20.8 Å². The summed E-state index contributed by atoms with van der Waals surface area (Å²) in [6, 6.07) is 12.3. The van der Waals surface area contributed by atoms with E-state index in [1.54, 1.807) is 52.1 Å². The van der Waals surface area contributed by atoms with Gasteiger partial charge in [0.25, 0.3) is 0 Å². The monoisotopic (exact) mass is 580 g/mol. The SMILES string of the molecule is COc1cc2c(C)c3c(cc2c2cc(O)c(C)cc12)O[C@H]1c2c(cc(O)c4cc(C)c(O)cc24)C(C)(C)C(=O)[C@]1(OC)O3. The third-order valence-electron chi connectivity index (χ3n) is 9.36. The lowest BCUT2D eigenvalue weighted by Crippen LogP contribution is -2.63. The number of aryl methyl sites for hydroxylation is 3. The second-order valence-electron chi connectivity index (χ2n) is 12.2. The molecule has 0 fully saturated rings. The van der Waals surface area contributed by atoms with Gasteiger partial charge in [0.15, 0.2) is 17.6 Å². The lowest BCUT2D eigenvalue weighted by Gasteiger charge is -2.50. The first-order valence-corrected chi connectivity index (χ1v) is 14.1. The molecular formula is C35H32O8. The minimum absolute atomic E-state index is 0.00266. The normalized spacial score (nSPS) is 20.3. The van der Waals surface area contributed by atoms with Gasteiger partial charge >= 0.3 is 5.79 Å². The van der Waals surface area contributed by atoms with Gasteiger partial charge in [-0.05, 0) is 115 Å². The highest BCUT2D eigenvalue weighted by atomic mass is 16.7. The maximum Gasteiger partial charge on any atom is 0.313 e. The number of hydrogen-bond acceptors (Lipinski definition) is 8. The molecule has 8 nitrogen and oxygen atoms in total. The van der Waals surface area contributed by atoms with Crippen LogP contribution >= 0.6 is 0 Å². The van der Waals surface area contributed by atoms with Gasteiger partial charge in [0, 0.05) is 29.0 Å². The maximum atomic E-state index is 14.4. The van der Waals surface area contributed by atoms with Crippen molar-refractivity contribution in [1.82, 2.24) is 0 Å². The van der Waals surface area contributed by atoms with Crippen molar-refractivity contribution in [2.24, 2.45) is 0 Å². The number of phenols is 3. The van der Waals surface area contributed by atoms with Crippen molar-refractivity contribution in [2.75, 3.05) is 14.2 Å². The number of phenolic OH excluding ortho intramolecular Hbond substituents is 3. The van der Waals surface area contributed by atoms with Crippen LogP contribution < -0.4 is 14.2 Å². The fourth-order valence-corrected chi connectivity index (χ4v) is 6.90. The smallest absolute Gasteiger partial charge is 0.313 e. The second kappa shape index (κ2) is 8.67. The highest BCUT2D eigenvalue weighted by molar-refractivity contribution is 6.13. The summed E-state index contributed by atoms with van der Waals surface area (Å²) in [6.45, 7) is 9.00. The van der Waals surface area contributed by atoms with Crippen LogP contribution in [0.25, 0.3) is 32.3 Å². The molecule has 2 atom stereocenters. The van der Waals surface area contributed by atoms with Gasteiger partial charge in [-0.2, -0.15) is 0 Å². The summed E-state index contributed by atoms with van der Waals surface area (Å²) < 4.78 is 25.2. The third-order valence-corrected chi connectivity index (χ3v) is 9.36. The second-order valence-corrected chi connectivity index (χ2v) is 12.2. The molecule has 220 valence electrons. The Balaban J connectivity index is 1.57. The Morgan fingerprint density at radius 2 is 1.37 bits per heavy atom. The van der Waals surface area contributed by atoms with Crippen molar-refractivity contribution in [3.63, 3.8) is 0 Å². The summed E-state index contributed by atoms with van der Waals surface area (Å²) in [5.41, 5.74) is 2.03. The molecule has 0 saturated heterocycles. The van der Waals surface area contributed by atoms with Crippen LogP contribution in [0.3, 0.4) is 0 Å². The average Bonchev–Trinajstić information content (AvgIpc) is 2.97. The predicted octanol–water partition coefficient (Wildman–Crippen LogP) is 6.91. The van der Waals surface area contributed by atoms with Gasteiger partial charge in [-0.3, -0.25) is 4.79 Å². The quantitative estimate of drug-likeness (QED) is 0.193. The van der Waals surface area contributed by atoms with E-state index >= 15 is 0 Å². The Hall–Kier alpha value is -4.69. The zero-order valence-corrected chi connectivity index (χ0v) is 25.0. The van der Waals surface area contributed by atoms with Crippen molar-refractivity contribution < 1.29 is 39.1 Å². The van der Waals surface area contributed by atoms with E-state index in [1.807, 2.05) is 32.0 Å². The van der Waals surface area contributed by atoms with Crippen LogP contribution in [0.5, 0.6) is 34.5 Å². The molecular weight excluding hydrogens is 548 g/mol. The molecule has 0 radical (unpaired) electrons. The molecule has 0 amide bonds. The Morgan fingerprint density at radius 3 is 2.02 bits per heavy atom. The number of methoxy groups -OCH3 is 2. The minimum Gasteiger partial charge on any atom is -0.508 e. The molecule has 0 aromatic heterocycles. The number of benzene rings is 5. The number of ether oxygens (including phenoxy) is 4. The summed E-state index contributed by atoms with van der Waals surface area (Å²) in [6.07, 6.45) is -1.07. The largest absolute Gasteiger partial charge is 0.508 e. The van der Waals surface area contributed by atoms with E-state index in [2.05, 4.69) is 0 Å². The van der Waals surface area contributed by atoms with Crippen LogP contribution in [0.2, 0.25) is 0 Å². The van der Waals surface area contributed by atoms with Crippen molar-refractivity contribution in [2.45, 2.75) is 51.9 Å². The zero-order valence-electron chi connectivity index (χ0n) is 25.0. The van der Waals surface area contributed by atoms with Gasteiger partial charge in [-0.15, -0.1) is 0 Å². The molecule has 5 aromatic carbocycles. The fourth-order valence-electron chi connectivity index (χ4n) is 6.90. The number of fused-ring (bicyclic) bond motifs is 9. The van der Waals surface area contributed by atoms with Crippen LogP contribution in [0.4, 0.5) is 0 Å². The first-order chi connectivity index (χ1) is 20.3.